The zero-order chi connectivity index (χ0) is 22.0. The number of nitrogens with one attached hydrogen (secondary N) is 2. The van der Waals surface area contributed by atoms with E-state index in [9.17, 15) is 14.4 Å². The third-order valence-corrected chi connectivity index (χ3v) is 5.04. The lowest BCUT2D eigenvalue weighted by molar-refractivity contribution is -0.127. The molecule has 1 aliphatic heterocycles. The summed E-state index contributed by atoms with van der Waals surface area (Å²) < 4.78 is 5.45. The zero-order valence-electron chi connectivity index (χ0n) is 17.1. The fourth-order valence-corrected chi connectivity index (χ4v) is 3.44. The molecule has 7 nitrogen and oxygen atoms in total. The Hall–Kier alpha value is -4.13. The molecule has 2 N–H and O–H groups in total. The highest BCUT2D eigenvalue weighted by Crippen LogP contribution is 2.30. The Labute approximate surface area is 179 Å². The number of ether oxygens (including phenoxy) is 1. The van der Waals surface area contributed by atoms with Crippen LogP contribution in [0.25, 0.3) is 16.8 Å². The van der Waals surface area contributed by atoms with Crippen LogP contribution >= 0.6 is 0 Å². The SMILES string of the molecule is COc1ccc2ccccc2c1/C=C1\NC(=O)N(CC(=O)Nc2ccc(C)cc2)C1=O. The molecule has 0 atom stereocenters. The smallest absolute Gasteiger partial charge is 0.329 e. The average molecular weight is 415 g/mol. The number of fused-ring (bicyclic) bond motifs is 1. The lowest BCUT2D eigenvalue weighted by Gasteiger charge is -2.12. The van der Waals surface area contributed by atoms with E-state index in [4.69, 9.17) is 4.74 Å². The number of carbonyl (C=O) groups is 3. The molecule has 31 heavy (non-hydrogen) atoms. The molecule has 0 saturated carbocycles. The van der Waals surface area contributed by atoms with Crippen molar-refractivity contribution in [1.29, 1.82) is 0 Å². The summed E-state index contributed by atoms with van der Waals surface area (Å²) in [5.74, 6) is -0.459. The van der Waals surface area contributed by atoms with Crippen LogP contribution in [0.15, 0.2) is 66.4 Å². The quantitative estimate of drug-likeness (QED) is 0.491. The molecule has 7 heteroatoms. The lowest BCUT2D eigenvalue weighted by atomic mass is 10.0. The van der Waals surface area contributed by atoms with E-state index in [2.05, 4.69) is 10.6 Å². The molecule has 4 rings (SSSR count). The number of nitrogens with zero attached hydrogens (tertiary/aromatic N) is 1. The van der Waals surface area contributed by atoms with Gasteiger partial charge in [-0.25, -0.2) is 9.69 Å². The molecule has 0 spiro atoms. The van der Waals surface area contributed by atoms with Crippen molar-refractivity contribution in [2.24, 2.45) is 0 Å². The number of methoxy groups -OCH3 is 1. The van der Waals surface area contributed by atoms with Gasteiger partial charge in [-0.15, -0.1) is 0 Å². The average Bonchev–Trinajstić information content (AvgIpc) is 3.03. The summed E-state index contributed by atoms with van der Waals surface area (Å²) in [5, 5.41) is 7.10. The summed E-state index contributed by atoms with van der Waals surface area (Å²) in [7, 11) is 1.54. The summed E-state index contributed by atoms with van der Waals surface area (Å²) >= 11 is 0. The lowest BCUT2D eigenvalue weighted by Crippen LogP contribution is -2.38. The van der Waals surface area contributed by atoms with Crippen molar-refractivity contribution in [3.63, 3.8) is 0 Å². The van der Waals surface area contributed by atoms with Crippen molar-refractivity contribution in [2.75, 3.05) is 19.0 Å². The molecule has 1 saturated heterocycles. The molecule has 0 radical (unpaired) electrons. The fraction of sp³-hybridized carbons (Fsp3) is 0.125. The van der Waals surface area contributed by atoms with Crippen LogP contribution in [0.1, 0.15) is 11.1 Å². The molecule has 1 fully saturated rings. The topological polar surface area (TPSA) is 87.7 Å². The monoisotopic (exact) mass is 415 g/mol. The Morgan fingerprint density at radius 2 is 1.81 bits per heavy atom. The van der Waals surface area contributed by atoms with Crippen LogP contribution < -0.4 is 15.4 Å². The van der Waals surface area contributed by atoms with E-state index >= 15 is 0 Å². The van der Waals surface area contributed by atoms with E-state index in [-0.39, 0.29) is 12.2 Å². The molecule has 4 amide bonds. The van der Waals surface area contributed by atoms with Gasteiger partial charge in [0.1, 0.15) is 18.0 Å². The Morgan fingerprint density at radius 3 is 2.55 bits per heavy atom. The number of benzene rings is 3. The standard InChI is InChI=1S/C24H21N3O4/c1-15-7-10-17(11-8-15)25-22(28)14-27-23(29)20(26-24(27)30)13-19-18-6-4-3-5-16(18)9-12-21(19)31-2/h3-13H,14H2,1-2H3,(H,25,28)(H,26,30)/b20-13-. The Morgan fingerprint density at radius 1 is 1.06 bits per heavy atom. The summed E-state index contributed by atoms with van der Waals surface area (Å²) in [6.07, 6.45) is 1.58. The number of hydrogen-bond acceptors (Lipinski definition) is 4. The number of amides is 4. The van der Waals surface area contributed by atoms with Crippen LogP contribution in [-0.4, -0.2) is 36.4 Å². The van der Waals surface area contributed by atoms with Crippen molar-refractivity contribution in [3.8, 4) is 5.75 Å². The van der Waals surface area contributed by atoms with Crippen LogP contribution in [0.5, 0.6) is 5.75 Å². The molecule has 1 heterocycles. The second kappa shape index (κ2) is 8.31. The summed E-state index contributed by atoms with van der Waals surface area (Å²) in [4.78, 5) is 38.5. The predicted octanol–water partition coefficient (Wildman–Crippen LogP) is 3.69. The number of aryl methyl sites for hydroxylation is 1. The summed E-state index contributed by atoms with van der Waals surface area (Å²) in [6, 6.07) is 18.0. The number of hydrogen-bond donors (Lipinski definition) is 2. The van der Waals surface area contributed by atoms with Gasteiger partial charge < -0.3 is 15.4 Å². The van der Waals surface area contributed by atoms with Gasteiger partial charge in [0.2, 0.25) is 5.91 Å². The van der Waals surface area contributed by atoms with Gasteiger partial charge in [0.15, 0.2) is 0 Å². The number of rotatable bonds is 5. The maximum Gasteiger partial charge on any atom is 0.329 e. The Kier molecular flexibility index (Phi) is 5.41. The minimum absolute atomic E-state index is 0.0859. The van der Waals surface area contributed by atoms with Gasteiger partial charge in [0.05, 0.1) is 7.11 Å². The van der Waals surface area contributed by atoms with Crippen molar-refractivity contribution in [1.82, 2.24) is 10.2 Å². The van der Waals surface area contributed by atoms with Crippen LogP contribution in [0.2, 0.25) is 0 Å². The van der Waals surface area contributed by atoms with Gasteiger partial charge >= 0.3 is 6.03 Å². The largest absolute Gasteiger partial charge is 0.496 e. The van der Waals surface area contributed by atoms with Gasteiger partial charge in [-0.2, -0.15) is 0 Å². The highest BCUT2D eigenvalue weighted by molar-refractivity contribution is 6.16. The molecule has 3 aromatic rings. The first-order valence-corrected chi connectivity index (χ1v) is 9.73. The fourth-order valence-electron chi connectivity index (χ4n) is 3.44. The van der Waals surface area contributed by atoms with Gasteiger partial charge in [0, 0.05) is 11.3 Å². The van der Waals surface area contributed by atoms with Crippen LogP contribution in [0, 0.1) is 6.92 Å². The third kappa shape index (κ3) is 4.11. The van der Waals surface area contributed by atoms with Gasteiger partial charge in [-0.1, -0.05) is 48.0 Å². The minimum atomic E-state index is -0.644. The van der Waals surface area contributed by atoms with Crippen molar-refractivity contribution >= 4 is 40.4 Å². The predicted molar refractivity (Wildman–Crippen MR) is 119 cm³/mol. The number of anilines is 1. The van der Waals surface area contributed by atoms with E-state index in [1.54, 1.807) is 25.3 Å². The maximum absolute atomic E-state index is 12.8. The summed E-state index contributed by atoms with van der Waals surface area (Å²) in [6.45, 7) is 1.56. The first-order chi connectivity index (χ1) is 15.0. The van der Waals surface area contributed by atoms with Crippen molar-refractivity contribution in [3.05, 3.63) is 77.5 Å². The van der Waals surface area contributed by atoms with Gasteiger partial charge in [-0.3, -0.25) is 9.59 Å². The molecule has 0 aromatic heterocycles. The van der Waals surface area contributed by atoms with Gasteiger partial charge in [0.25, 0.3) is 5.91 Å². The molecule has 3 aromatic carbocycles. The van der Waals surface area contributed by atoms with Gasteiger partial charge in [-0.05, 0) is 42.0 Å². The number of imide groups is 1. The molecule has 0 bridgehead atoms. The first kappa shape index (κ1) is 20.2. The molecule has 156 valence electrons. The van der Waals surface area contributed by atoms with E-state index in [0.29, 0.717) is 17.0 Å². The van der Waals surface area contributed by atoms with E-state index in [1.807, 2.05) is 55.5 Å². The summed E-state index contributed by atoms with van der Waals surface area (Å²) in [5.41, 5.74) is 2.42. The third-order valence-electron chi connectivity index (χ3n) is 5.04. The Balaban J connectivity index is 1.57. The second-order valence-electron chi connectivity index (χ2n) is 7.20. The highest BCUT2D eigenvalue weighted by Gasteiger charge is 2.35. The molecule has 0 aliphatic carbocycles. The highest BCUT2D eigenvalue weighted by atomic mass is 16.5. The first-order valence-electron chi connectivity index (χ1n) is 9.73. The minimum Gasteiger partial charge on any atom is -0.496 e. The van der Waals surface area contributed by atoms with E-state index < -0.39 is 17.8 Å². The van der Waals surface area contributed by atoms with E-state index in [0.717, 1.165) is 21.2 Å². The van der Waals surface area contributed by atoms with Crippen molar-refractivity contribution in [2.45, 2.75) is 6.92 Å². The normalized spacial score (nSPS) is 14.8. The maximum atomic E-state index is 12.8. The molecule has 0 unspecified atom stereocenters. The second-order valence-corrected chi connectivity index (χ2v) is 7.20. The molecular weight excluding hydrogens is 394 g/mol. The van der Waals surface area contributed by atoms with Crippen LogP contribution in [0.3, 0.4) is 0 Å². The molecular formula is C24H21N3O4. The number of urea groups is 1. The van der Waals surface area contributed by atoms with Crippen LogP contribution in [-0.2, 0) is 9.59 Å². The van der Waals surface area contributed by atoms with E-state index in [1.165, 1.54) is 0 Å². The van der Waals surface area contributed by atoms with Crippen LogP contribution in [0.4, 0.5) is 10.5 Å². The number of carbonyl (C=O) groups excluding carboxylic acids is 3. The zero-order valence-corrected chi connectivity index (χ0v) is 17.1. The van der Waals surface area contributed by atoms with Crippen molar-refractivity contribution < 1.29 is 19.1 Å². The molecule has 1 aliphatic rings. The Bertz CT molecular complexity index is 1220.